The van der Waals surface area contributed by atoms with Gasteiger partial charge in [0.1, 0.15) is 10.0 Å². The number of nitrogens with zero attached hydrogens (tertiary/aromatic N) is 2. The van der Waals surface area contributed by atoms with Crippen molar-refractivity contribution in [2.24, 2.45) is 11.7 Å². The smallest absolute Gasteiger partial charge is 0.120 e. The lowest BCUT2D eigenvalue weighted by Crippen LogP contribution is -2.18. The molecule has 1 aliphatic rings. The molecular weight excluding hydrogens is 182 g/mol. The Kier molecular flexibility index (Phi) is 2.60. The highest BCUT2D eigenvalue weighted by atomic mass is 32.1. The van der Waals surface area contributed by atoms with Gasteiger partial charge in [0, 0.05) is 12.3 Å². The van der Waals surface area contributed by atoms with Crippen LogP contribution in [0.5, 0.6) is 0 Å². The molecule has 3 nitrogen and oxygen atoms in total. The van der Waals surface area contributed by atoms with Crippen LogP contribution in [0.25, 0.3) is 0 Å². The lowest BCUT2D eigenvalue weighted by Gasteiger charge is -2.30. The molecule has 0 spiro atoms. The molecule has 0 saturated heterocycles. The first-order valence-electron chi connectivity index (χ1n) is 4.82. The van der Waals surface area contributed by atoms with E-state index in [1.165, 1.54) is 17.8 Å². The van der Waals surface area contributed by atoms with Crippen LogP contribution in [0.3, 0.4) is 0 Å². The average Bonchev–Trinajstić information content (AvgIpc) is 2.48. The SMILES string of the molecule is CC1CC(c2nnc(CCN)s2)C1. The third-order valence-corrected chi connectivity index (χ3v) is 3.71. The van der Waals surface area contributed by atoms with Gasteiger partial charge in [0.15, 0.2) is 0 Å². The van der Waals surface area contributed by atoms with E-state index in [1.54, 1.807) is 11.3 Å². The highest BCUT2D eigenvalue weighted by Crippen LogP contribution is 2.41. The van der Waals surface area contributed by atoms with Crippen LogP contribution in [-0.4, -0.2) is 16.7 Å². The average molecular weight is 197 g/mol. The zero-order valence-corrected chi connectivity index (χ0v) is 8.68. The van der Waals surface area contributed by atoms with Gasteiger partial charge in [0.05, 0.1) is 0 Å². The zero-order chi connectivity index (χ0) is 9.26. The molecule has 0 bridgehead atoms. The molecule has 13 heavy (non-hydrogen) atoms. The van der Waals surface area contributed by atoms with Crippen molar-refractivity contribution in [2.75, 3.05) is 6.54 Å². The molecule has 0 amide bonds. The van der Waals surface area contributed by atoms with Crippen molar-refractivity contribution in [1.82, 2.24) is 10.2 Å². The summed E-state index contributed by atoms with van der Waals surface area (Å²) in [5.41, 5.74) is 5.45. The van der Waals surface area contributed by atoms with Gasteiger partial charge in [-0.25, -0.2) is 0 Å². The molecule has 0 unspecified atom stereocenters. The van der Waals surface area contributed by atoms with Crippen molar-refractivity contribution in [3.05, 3.63) is 10.0 Å². The summed E-state index contributed by atoms with van der Waals surface area (Å²) in [6.07, 6.45) is 3.45. The predicted octanol–water partition coefficient (Wildman–Crippen LogP) is 1.55. The van der Waals surface area contributed by atoms with Crippen molar-refractivity contribution in [3.8, 4) is 0 Å². The number of hydrogen-bond donors (Lipinski definition) is 1. The summed E-state index contributed by atoms with van der Waals surface area (Å²) in [6, 6.07) is 0. The Hall–Kier alpha value is -0.480. The molecule has 1 aromatic heterocycles. The van der Waals surface area contributed by atoms with Crippen LogP contribution in [0, 0.1) is 5.92 Å². The number of nitrogens with two attached hydrogens (primary N) is 1. The first kappa shape index (κ1) is 9.09. The highest BCUT2D eigenvalue weighted by molar-refractivity contribution is 7.11. The van der Waals surface area contributed by atoms with Crippen molar-refractivity contribution >= 4 is 11.3 Å². The van der Waals surface area contributed by atoms with E-state index in [-0.39, 0.29) is 0 Å². The topological polar surface area (TPSA) is 51.8 Å². The summed E-state index contributed by atoms with van der Waals surface area (Å²) in [5, 5.41) is 10.6. The highest BCUT2D eigenvalue weighted by Gasteiger charge is 2.29. The maximum atomic E-state index is 5.45. The molecule has 1 aromatic rings. The standard InChI is InChI=1S/C9H15N3S/c1-6-4-7(5-6)9-12-11-8(13-9)2-3-10/h6-7H,2-5,10H2,1H3. The third kappa shape index (κ3) is 1.89. The second-order valence-corrected chi connectivity index (χ2v) is 4.94. The van der Waals surface area contributed by atoms with Crippen LogP contribution in [0.2, 0.25) is 0 Å². The fraction of sp³-hybridized carbons (Fsp3) is 0.778. The molecule has 2 N–H and O–H groups in total. The van der Waals surface area contributed by atoms with Gasteiger partial charge in [0.2, 0.25) is 0 Å². The molecule has 0 aliphatic heterocycles. The number of rotatable bonds is 3. The molecular formula is C9H15N3S. The largest absolute Gasteiger partial charge is 0.330 e. The molecule has 1 fully saturated rings. The first-order valence-corrected chi connectivity index (χ1v) is 5.63. The number of hydrogen-bond acceptors (Lipinski definition) is 4. The van der Waals surface area contributed by atoms with E-state index in [0.717, 1.165) is 17.3 Å². The Labute approximate surface area is 82.4 Å². The van der Waals surface area contributed by atoms with E-state index in [4.69, 9.17) is 5.73 Å². The molecule has 0 aromatic carbocycles. The molecule has 72 valence electrons. The Bertz CT molecular complexity index is 278. The Morgan fingerprint density at radius 2 is 2.23 bits per heavy atom. The lowest BCUT2D eigenvalue weighted by atomic mass is 9.77. The van der Waals surface area contributed by atoms with Crippen molar-refractivity contribution in [3.63, 3.8) is 0 Å². The molecule has 1 aliphatic carbocycles. The predicted molar refractivity (Wildman–Crippen MR) is 53.8 cm³/mol. The van der Waals surface area contributed by atoms with Crippen LogP contribution in [0.1, 0.15) is 35.7 Å². The van der Waals surface area contributed by atoms with Gasteiger partial charge in [-0.15, -0.1) is 21.5 Å². The fourth-order valence-corrected chi connectivity index (χ4v) is 2.74. The summed E-state index contributed by atoms with van der Waals surface area (Å²) < 4.78 is 0. The monoisotopic (exact) mass is 197 g/mol. The van der Waals surface area contributed by atoms with E-state index < -0.39 is 0 Å². The maximum Gasteiger partial charge on any atom is 0.120 e. The van der Waals surface area contributed by atoms with Crippen molar-refractivity contribution < 1.29 is 0 Å². The molecule has 1 saturated carbocycles. The Morgan fingerprint density at radius 3 is 2.85 bits per heavy atom. The summed E-state index contributed by atoms with van der Waals surface area (Å²) in [4.78, 5) is 0. The molecule has 1 heterocycles. The van der Waals surface area contributed by atoms with Crippen LogP contribution in [0.15, 0.2) is 0 Å². The fourth-order valence-electron chi connectivity index (χ4n) is 1.76. The maximum absolute atomic E-state index is 5.45. The first-order chi connectivity index (χ1) is 6.29. The van der Waals surface area contributed by atoms with Gasteiger partial charge in [-0.3, -0.25) is 0 Å². The second kappa shape index (κ2) is 3.72. The van der Waals surface area contributed by atoms with Crippen molar-refractivity contribution in [2.45, 2.75) is 32.1 Å². The van der Waals surface area contributed by atoms with Gasteiger partial charge in [-0.2, -0.15) is 0 Å². The molecule has 0 radical (unpaired) electrons. The minimum Gasteiger partial charge on any atom is -0.330 e. The summed E-state index contributed by atoms with van der Waals surface area (Å²) in [7, 11) is 0. The van der Waals surface area contributed by atoms with Gasteiger partial charge >= 0.3 is 0 Å². The quantitative estimate of drug-likeness (QED) is 0.800. The van der Waals surface area contributed by atoms with E-state index in [2.05, 4.69) is 17.1 Å². The van der Waals surface area contributed by atoms with E-state index in [0.29, 0.717) is 12.5 Å². The second-order valence-electron chi connectivity index (χ2n) is 3.85. The lowest BCUT2D eigenvalue weighted by molar-refractivity contribution is 0.287. The third-order valence-electron chi connectivity index (χ3n) is 2.56. The Balaban J connectivity index is 1.97. The zero-order valence-electron chi connectivity index (χ0n) is 7.86. The van der Waals surface area contributed by atoms with Crippen LogP contribution in [-0.2, 0) is 6.42 Å². The van der Waals surface area contributed by atoms with Gasteiger partial charge in [-0.05, 0) is 25.3 Å². The minimum absolute atomic E-state index is 0.676. The molecule has 2 rings (SSSR count). The van der Waals surface area contributed by atoms with Gasteiger partial charge < -0.3 is 5.73 Å². The molecule has 0 atom stereocenters. The van der Waals surface area contributed by atoms with Crippen LogP contribution < -0.4 is 5.73 Å². The summed E-state index contributed by atoms with van der Waals surface area (Å²) in [6.45, 7) is 2.97. The van der Waals surface area contributed by atoms with Crippen molar-refractivity contribution in [1.29, 1.82) is 0 Å². The molecule has 4 heteroatoms. The van der Waals surface area contributed by atoms with Gasteiger partial charge in [-0.1, -0.05) is 6.92 Å². The van der Waals surface area contributed by atoms with Gasteiger partial charge in [0.25, 0.3) is 0 Å². The van der Waals surface area contributed by atoms with E-state index >= 15 is 0 Å². The van der Waals surface area contributed by atoms with E-state index in [1.807, 2.05) is 0 Å². The Morgan fingerprint density at radius 1 is 1.46 bits per heavy atom. The van der Waals surface area contributed by atoms with E-state index in [9.17, 15) is 0 Å². The van der Waals surface area contributed by atoms with Crippen LogP contribution >= 0.6 is 11.3 Å². The number of aromatic nitrogens is 2. The summed E-state index contributed by atoms with van der Waals surface area (Å²) in [5.74, 6) is 1.57. The minimum atomic E-state index is 0.676. The summed E-state index contributed by atoms with van der Waals surface area (Å²) >= 11 is 1.74. The normalized spacial score (nSPS) is 27.2. The van der Waals surface area contributed by atoms with Crippen LogP contribution in [0.4, 0.5) is 0 Å².